The van der Waals surface area contributed by atoms with Crippen molar-refractivity contribution in [2.75, 3.05) is 19.0 Å². The van der Waals surface area contributed by atoms with Crippen LogP contribution in [-0.2, 0) is 30.8 Å². The number of benzene rings is 2. The number of aliphatic carboxylic acids is 1. The maximum absolute atomic E-state index is 12.9. The summed E-state index contributed by atoms with van der Waals surface area (Å²) in [7, 11) is -3.66. The molecule has 0 saturated carbocycles. The Morgan fingerprint density at radius 1 is 1.13 bits per heavy atom. The van der Waals surface area contributed by atoms with Gasteiger partial charge in [0.2, 0.25) is 5.91 Å². The van der Waals surface area contributed by atoms with Crippen molar-refractivity contribution in [3.05, 3.63) is 65.9 Å². The normalized spacial score (nSPS) is 14.5. The highest BCUT2D eigenvalue weighted by atomic mass is 32.2. The second kappa shape index (κ2) is 12.0. The summed E-state index contributed by atoms with van der Waals surface area (Å²) in [6.07, 6.45) is -5.21. The van der Waals surface area contributed by atoms with Crippen LogP contribution in [0.15, 0.2) is 59.5 Å². The molecule has 39 heavy (non-hydrogen) atoms. The molecule has 1 amide bonds. The van der Waals surface area contributed by atoms with Crippen LogP contribution in [0.25, 0.3) is 10.9 Å². The summed E-state index contributed by atoms with van der Waals surface area (Å²) in [5, 5.41) is 16.9. The highest BCUT2D eigenvalue weighted by Crippen LogP contribution is 2.35. The topological polar surface area (TPSA) is 152 Å². The van der Waals surface area contributed by atoms with Gasteiger partial charge in [-0.2, -0.15) is 13.2 Å². The van der Waals surface area contributed by atoms with Crippen LogP contribution < -0.4 is 10.2 Å². The van der Waals surface area contributed by atoms with Gasteiger partial charge >= 0.3 is 12.1 Å². The predicted octanol–water partition coefficient (Wildman–Crippen LogP) is 3.44. The third kappa shape index (κ3) is 7.88. The number of carbonyl (C=O) groups excluding carboxylic acids is 1. The van der Waals surface area contributed by atoms with E-state index in [9.17, 15) is 26.4 Å². The molecule has 1 saturated heterocycles. The lowest BCUT2D eigenvalue weighted by molar-refractivity contribution is -0.192. The number of sulfone groups is 1. The number of amides is 1. The zero-order chi connectivity index (χ0) is 28.8. The van der Waals surface area contributed by atoms with E-state index >= 15 is 0 Å². The van der Waals surface area contributed by atoms with E-state index in [1.54, 1.807) is 17.6 Å². The van der Waals surface area contributed by atoms with Crippen LogP contribution in [0.1, 0.15) is 17.7 Å². The van der Waals surface area contributed by atoms with Gasteiger partial charge in [-0.25, -0.2) is 18.7 Å². The zero-order valence-electron chi connectivity index (χ0n) is 20.6. The summed E-state index contributed by atoms with van der Waals surface area (Å²) >= 11 is 0. The van der Waals surface area contributed by atoms with Crippen LogP contribution in [0.5, 0.6) is 5.75 Å². The van der Waals surface area contributed by atoms with Crippen molar-refractivity contribution in [2.45, 2.75) is 31.0 Å². The number of pyridine rings is 1. The maximum Gasteiger partial charge on any atom is 0.490 e. The Labute approximate surface area is 221 Å². The van der Waals surface area contributed by atoms with E-state index in [0.717, 1.165) is 22.2 Å². The van der Waals surface area contributed by atoms with Crippen molar-refractivity contribution < 1.29 is 51.0 Å². The molecular formula is C25H25F3N2O8S. The molecule has 1 aromatic heterocycles. The molecule has 0 unspecified atom stereocenters. The Morgan fingerprint density at radius 2 is 1.74 bits per heavy atom. The molecule has 0 atom stereocenters. The standard InChI is InChI=1S/C23H24N2O6S.C2HF3O2/c1-16-10-17(20-4-2-3-5-21(20)24-16)12-31-18-6-8-19(9-7-18)32(28,29)15-23(13-30-14-23)11-22(26)25-27;3-2(4,5)1(6)7/h2-10,27H,11-15H2,1H3,(H,25,26);(H,6,7). The van der Waals surface area contributed by atoms with Gasteiger partial charge in [0.25, 0.3) is 0 Å². The van der Waals surface area contributed by atoms with E-state index in [1.165, 1.54) is 12.1 Å². The van der Waals surface area contributed by atoms with Gasteiger partial charge in [0.15, 0.2) is 9.84 Å². The van der Waals surface area contributed by atoms with Crippen LogP contribution in [-0.4, -0.2) is 60.7 Å². The third-order valence-corrected chi connectivity index (χ3v) is 7.71. The SMILES string of the molecule is Cc1cc(COc2ccc(S(=O)(=O)CC3(CC(=O)NO)COC3)cc2)c2ccccc2n1.O=C(O)C(F)(F)F. The van der Waals surface area contributed by atoms with Gasteiger partial charge in [-0.1, -0.05) is 18.2 Å². The number of carboxylic acids is 1. The molecule has 1 aliphatic heterocycles. The van der Waals surface area contributed by atoms with Crippen LogP contribution in [0, 0.1) is 12.3 Å². The van der Waals surface area contributed by atoms with Gasteiger partial charge in [-0.05, 0) is 43.3 Å². The zero-order valence-corrected chi connectivity index (χ0v) is 21.4. The molecule has 2 heterocycles. The number of para-hydroxylation sites is 1. The number of aryl methyl sites for hydroxylation is 1. The van der Waals surface area contributed by atoms with Crippen LogP contribution in [0.3, 0.4) is 0 Å². The number of carboxylic acid groups (broad SMARTS) is 1. The number of ether oxygens (including phenoxy) is 2. The van der Waals surface area contributed by atoms with Crippen molar-refractivity contribution in [1.82, 2.24) is 10.5 Å². The number of hydrogen-bond donors (Lipinski definition) is 3. The third-order valence-electron chi connectivity index (χ3n) is 5.72. The lowest BCUT2D eigenvalue weighted by Crippen LogP contribution is -2.50. The molecule has 1 aliphatic rings. The van der Waals surface area contributed by atoms with E-state index in [-0.39, 0.29) is 30.3 Å². The lowest BCUT2D eigenvalue weighted by atomic mass is 9.84. The van der Waals surface area contributed by atoms with Crippen molar-refractivity contribution in [3.63, 3.8) is 0 Å². The van der Waals surface area contributed by atoms with Crippen molar-refractivity contribution in [3.8, 4) is 5.75 Å². The van der Waals surface area contributed by atoms with Gasteiger partial charge in [-0.15, -0.1) is 0 Å². The molecule has 4 rings (SSSR count). The van der Waals surface area contributed by atoms with Crippen molar-refractivity contribution in [1.29, 1.82) is 0 Å². The van der Waals surface area contributed by atoms with E-state index in [1.807, 2.05) is 37.3 Å². The fourth-order valence-corrected chi connectivity index (χ4v) is 5.70. The average Bonchev–Trinajstić information content (AvgIpc) is 2.85. The van der Waals surface area contributed by atoms with E-state index in [0.29, 0.717) is 12.4 Å². The first-order valence-electron chi connectivity index (χ1n) is 11.4. The molecule has 3 N–H and O–H groups in total. The van der Waals surface area contributed by atoms with Gasteiger partial charge < -0.3 is 14.6 Å². The fraction of sp³-hybridized carbons (Fsp3) is 0.320. The molecule has 14 heteroatoms. The molecule has 0 bridgehead atoms. The summed E-state index contributed by atoms with van der Waals surface area (Å²) in [6.45, 7) is 2.56. The van der Waals surface area contributed by atoms with Gasteiger partial charge in [0.1, 0.15) is 12.4 Å². The van der Waals surface area contributed by atoms with E-state index in [2.05, 4.69) is 4.98 Å². The minimum absolute atomic E-state index is 0.122. The summed E-state index contributed by atoms with van der Waals surface area (Å²) in [5.74, 6) is -3.09. The second-order valence-corrected chi connectivity index (χ2v) is 11.0. The number of hydroxylamine groups is 1. The molecule has 10 nitrogen and oxygen atoms in total. The quantitative estimate of drug-likeness (QED) is 0.273. The summed E-state index contributed by atoms with van der Waals surface area (Å²) in [4.78, 5) is 25.1. The Hall–Kier alpha value is -3.75. The lowest BCUT2D eigenvalue weighted by Gasteiger charge is -2.40. The van der Waals surface area contributed by atoms with Gasteiger partial charge in [0, 0.05) is 28.5 Å². The largest absolute Gasteiger partial charge is 0.490 e. The number of fused-ring (bicyclic) bond motifs is 1. The predicted molar refractivity (Wildman–Crippen MR) is 131 cm³/mol. The number of alkyl halides is 3. The Kier molecular flexibility index (Phi) is 9.14. The summed E-state index contributed by atoms with van der Waals surface area (Å²) < 4.78 is 68.6. The second-order valence-electron chi connectivity index (χ2n) is 8.97. The minimum Gasteiger partial charge on any atom is -0.489 e. The average molecular weight is 571 g/mol. The first-order valence-corrected chi connectivity index (χ1v) is 13.0. The van der Waals surface area contributed by atoms with Crippen molar-refractivity contribution >= 4 is 32.6 Å². The van der Waals surface area contributed by atoms with Crippen molar-refractivity contribution in [2.24, 2.45) is 5.41 Å². The van der Waals surface area contributed by atoms with Gasteiger partial charge in [0.05, 0.1) is 29.4 Å². The highest BCUT2D eigenvalue weighted by Gasteiger charge is 2.44. The molecule has 2 aromatic carbocycles. The Bertz CT molecular complexity index is 1440. The summed E-state index contributed by atoms with van der Waals surface area (Å²) in [5.41, 5.74) is 3.52. The molecule has 0 spiro atoms. The summed E-state index contributed by atoms with van der Waals surface area (Å²) in [6, 6.07) is 16.1. The monoisotopic (exact) mass is 570 g/mol. The number of carbonyl (C=O) groups is 2. The number of nitrogens with zero attached hydrogens (tertiary/aromatic N) is 1. The molecule has 1 fully saturated rings. The fourth-order valence-electron chi connectivity index (χ4n) is 3.91. The molecule has 210 valence electrons. The molecule has 0 radical (unpaired) electrons. The van der Waals surface area contributed by atoms with Crippen LogP contribution in [0.2, 0.25) is 0 Å². The van der Waals surface area contributed by atoms with Crippen LogP contribution >= 0.6 is 0 Å². The number of rotatable bonds is 8. The molecule has 3 aromatic rings. The Balaban J connectivity index is 0.000000532. The van der Waals surface area contributed by atoms with E-state index < -0.39 is 33.3 Å². The number of nitrogens with one attached hydrogen (secondary N) is 1. The maximum atomic E-state index is 12.9. The van der Waals surface area contributed by atoms with Crippen LogP contribution in [0.4, 0.5) is 13.2 Å². The van der Waals surface area contributed by atoms with Gasteiger partial charge in [-0.3, -0.25) is 15.0 Å². The minimum atomic E-state index is -5.08. The number of halogens is 3. The first-order chi connectivity index (χ1) is 18.2. The molecule has 0 aliphatic carbocycles. The molecular weight excluding hydrogens is 545 g/mol. The highest BCUT2D eigenvalue weighted by molar-refractivity contribution is 7.91. The first kappa shape index (κ1) is 29.8. The number of hydrogen-bond acceptors (Lipinski definition) is 8. The smallest absolute Gasteiger partial charge is 0.489 e. The Morgan fingerprint density at radius 3 is 2.28 bits per heavy atom. The van der Waals surface area contributed by atoms with E-state index in [4.69, 9.17) is 24.6 Å². The number of aromatic nitrogens is 1.